The summed E-state index contributed by atoms with van der Waals surface area (Å²) >= 11 is 0. The van der Waals surface area contributed by atoms with Gasteiger partial charge in [0.1, 0.15) is 0 Å². The highest BCUT2D eigenvalue weighted by atomic mass is 16.7. The van der Waals surface area contributed by atoms with E-state index in [1.165, 1.54) is 0 Å². The zero-order valence-corrected chi connectivity index (χ0v) is 7.65. The second-order valence-electron chi connectivity index (χ2n) is 3.09. The molecule has 1 aliphatic heterocycles. The number of carbonyl (C=O) groups is 2. The minimum Gasteiger partial charge on any atom is -0.425 e. The summed E-state index contributed by atoms with van der Waals surface area (Å²) in [4.78, 5) is 21.8. The fourth-order valence-electron chi connectivity index (χ4n) is 1.07. The van der Waals surface area contributed by atoms with Crippen molar-refractivity contribution in [2.45, 2.75) is 20.1 Å². The molecule has 4 heteroatoms. The molecule has 0 saturated carbocycles. The lowest BCUT2D eigenvalue weighted by atomic mass is 9.99. The van der Waals surface area contributed by atoms with Crippen molar-refractivity contribution in [1.82, 2.24) is 0 Å². The van der Waals surface area contributed by atoms with Crippen molar-refractivity contribution in [3.63, 3.8) is 0 Å². The van der Waals surface area contributed by atoms with Gasteiger partial charge in [-0.25, -0.2) is 4.79 Å². The summed E-state index contributed by atoms with van der Waals surface area (Å²) in [6.07, 6.45) is 0.289. The Hall–Kier alpha value is -1.32. The highest BCUT2D eigenvalue weighted by Gasteiger charge is 2.40. The summed E-state index contributed by atoms with van der Waals surface area (Å²) in [7, 11) is 0. The van der Waals surface area contributed by atoms with Gasteiger partial charge in [-0.15, -0.1) is 0 Å². The topological polar surface area (TPSA) is 52.6 Å². The number of esters is 2. The molecule has 0 spiro atoms. The van der Waals surface area contributed by atoms with Crippen LogP contribution < -0.4 is 0 Å². The van der Waals surface area contributed by atoms with Crippen LogP contribution in [0.1, 0.15) is 13.8 Å². The maximum Gasteiger partial charge on any atom is 0.333 e. The normalized spacial score (nSPS) is 32.5. The highest BCUT2D eigenvalue weighted by Crippen LogP contribution is 2.28. The van der Waals surface area contributed by atoms with Crippen molar-refractivity contribution in [2.24, 2.45) is 11.8 Å². The minimum atomic E-state index is -0.756. The molecule has 0 N–H and O–H groups in total. The second kappa shape index (κ2) is 3.60. The zero-order valence-electron chi connectivity index (χ0n) is 7.65. The predicted molar refractivity (Wildman–Crippen MR) is 44.5 cm³/mol. The summed E-state index contributed by atoms with van der Waals surface area (Å²) in [5.41, 5.74) is 0. The van der Waals surface area contributed by atoms with E-state index in [0.29, 0.717) is 0 Å². The average molecular weight is 184 g/mol. The second-order valence-corrected chi connectivity index (χ2v) is 3.09. The van der Waals surface area contributed by atoms with Gasteiger partial charge in [-0.05, 0) is 0 Å². The van der Waals surface area contributed by atoms with E-state index in [1.807, 2.05) is 0 Å². The molecule has 4 nitrogen and oxygen atoms in total. The van der Waals surface area contributed by atoms with E-state index in [9.17, 15) is 9.59 Å². The summed E-state index contributed by atoms with van der Waals surface area (Å²) in [5.74, 6) is -1.22. The van der Waals surface area contributed by atoms with Crippen molar-refractivity contribution < 1.29 is 19.1 Å². The zero-order chi connectivity index (χ0) is 10.0. The van der Waals surface area contributed by atoms with Crippen LogP contribution in [0.5, 0.6) is 0 Å². The Bertz CT molecular complexity index is 246. The molecular formula is C9H12O4. The summed E-state index contributed by atoms with van der Waals surface area (Å²) in [6, 6.07) is 0. The Labute approximate surface area is 76.5 Å². The number of ether oxygens (including phenoxy) is 2. The van der Waals surface area contributed by atoms with E-state index in [0.717, 1.165) is 6.08 Å². The molecule has 72 valence electrons. The Morgan fingerprint density at radius 2 is 2.23 bits per heavy atom. The van der Waals surface area contributed by atoms with E-state index in [-0.39, 0.29) is 17.8 Å². The monoisotopic (exact) mass is 184 g/mol. The Morgan fingerprint density at radius 1 is 1.62 bits per heavy atom. The SMILES string of the molecule is C=CC(=O)OC1OC(=O)C(C)C1C. The molecule has 1 saturated heterocycles. The molecule has 0 aliphatic carbocycles. The number of carbonyl (C=O) groups excluding carboxylic acids is 2. The molecule has 1 aliphatic rings. The van der Waals surface area contributed by atoms with Crippen molar-refractivity contribution in [3.05, 3.63) is 12.7 Å². The van der Waals surface area contributed by atoms with Crippen LogP contribution in [-0.2, 0) is 19.1 Å². The lowest BCUT2D eigenvalue weighted by Gasteiger charge is -2.13. The maximum absolute atomic E-state index is 11.0. The van der Waals surface area contributed by atoms with Gasteiger partial charge in [0.15, 0.2) is 0 Å². The van der Waals surface area contributed by atoms with Crippen LogP contribution in [-0.4, -0.2) is 18.2 Å². The van der Waals surface area contributed by atoms with Crippen LogP contribution in [0.4, 0.5) is 0 Å². The number of hydrogen-bond donors (Lipinski definition) is 0. The molecule has 0 aromatic heterocycles. The van der Waals surface area contributed by atoms with E-state index in [2.05, 4.69) is 6.58 Å². The van der Waals surface area contributed by atoms with Gasteiger partial charge in [-0.1, -0.05) is 20.4 Å². The van der Waals surface area contributed by atoms with E-state index < -0.39 is 12.3 Å². The van der Waals surface area contributed by atoms with Crippen LogP contribution in [0.3, 0.4) is 0 Å². The number of rotatable bonds is 2. The highest BCUT2D eigenvalue weighted by molar-refractivity contribution is 5.82. The summed E-state index contributed by atoms with van der Waals surface area (Å²) < 4.78 is 9.64. The van der Waals surface area contributed by atoms with Gasteiger partial charge in [-0.2, -0.15) is 0 Å². The van der Waals surface area contributed by atoms with Gasteiger partial charge < -0.3 is 9.47 Å². The fourth-order valence-corrected chi connectivity index (χ4v) is 1.07. The summed E-state index contributed by atoms with van der Waals surface area (Å²) in [5, 5.41) is 0. The van der Waals surface area contributed by atoms with E-state index in [4.69, 9.17) is 9.47 Å². The van der Waals surface area contributed by atoms with Crippen LogP contribution >= 0.6 is 0 Å². The molecule has 13 heavy (non-hydrogen) atoms. The molecule has 0 radical (unpaired) electrons. The number of cyclic esters (lactones) is 1. The van der Waals surface area contributed by atoms with Gasteiger partial charge in [0.2, 0.25) is 0 Å². The first-order chi connectivity index (χ1) is 6.06. The van der Waals surface area contributed by atoms with Gasteiger partial charge in [0, 0.05) is 12.0 Å². The van der Waals surface area contributed by atoms with Crippen molar-refractivity contribution in [3.8, 4) is 0 Å². The lowest BCUT2D eigenvalue weighted by molar-refractivity contribution is -0.176. The Kier molecular flexibility index (Phi) is 2.70. The predicted octanol–water partition coefficient (Wildman–Crippen LogP) is 0.871. The molecule has 1 rings (SSSR count). The Morgan fingerprint density at radius 3 is 2.62 bits per heavy atom. The largest absolute Gasteiger partial charge is 0.425 e. The van der Waals surface area contributed by atoms with E-state index in [1.54, 1.807) is 13.8 Å². The molecule has 0 amide bonds. The molecule has 3 atom stereocenters. The molecule has 3 unspecified atom stereocenters. The van der Waals surface area contributed by atoms with Crippen LogP contribution in [0.15, 0.2) is 12.7 Å². The van der Waals surface area contributed by atoms with Gasteiger partial charge in [0.05, 0.1) is 5.92 Å². The molecule has 0 aromatic carbocycles. The van der Waals surface area contributed by atoms with Crippen molar-refractivity contribution in [2.75, 3.05) is 0 Å². The third-order valence-electron chi connectivity index (χ3n) is 2.22. The first kappa shape index (κ1) is 9.77. The van der Waals surface area contributed by atoms with Gasteiger partial charge in [0.25, 0.3) is 6.29 Å². The van der Waals surface area contributed by atoms with E-state index >= 15 is 0 Å². The van der Waals surface area contributed by atoms with Crippen molar-refractivity contribution in [1.29, 1.82) is 0 Å². The molecule has 1 heterocycles. The standard InChI is InChI=1S/C9H12O4/c1-4-7(10)12-9-6(3)5(2)8(11)13-9/h4-6,9H,1H2,2-3H3. The minimum absolute atomic E-state index is 0.101. The third-order valence-corrected chi connectivity index (χ3v) is 2.22. The van der Waals surface area contributed by atoms with Crippen LogP contribution in [0.25, 0.3) is 0 Å². The fraction of sp³-hybridized carbons (Fsp3) is 0.556. The van der Waals surface area contributed by atoms with Crippen LogP contribution in [0, 0.1) is 11.8 Å². The molecular weight excluding hydrogens is 172 g/mol. The molecule has 1 fully saturated rings. The average Bonchev–Trinajstić information content (AvgIpc) is 2.34. The first-order valence-corrected chi connectivity index (χ1v) is 4.09. The maximum atomic E-state index is 11.0. The smallest absolute Gasteiger partial charge is 0.333 e. The summed E-state index contributed by atoms with van der Waals surface area (Å²) in [6.45, 7) is 6.80. The quantitative estimate of drug-likeness (QED) is 0.472. The first-order valence-electron chi connectivity index (χ1n) is 4.09. The van der Waals surface area contributed by atoms with Gasteiger partial charge in [-0.3, -0.25) is 4.79 Å². The lowest BCUT2D eigenvalue weighted by Crippen LogP contribution is -2.22. The van der Waals surface area contributed by atoms with Gasteiger partial charge >= 0.3 is 11.9 Å². The van der Waals surface area contributed by atoms with Crippen LogP contribution in [0.2, 0.25) is 0 Å². The number of hydrogen-bond acceptors (Lipinski definition) is 4. The Balaban J connectivity index is 2.58. The molecule has 0 aromatic rings. The third kappa shape index (κ3) is 1.88. The molecule has 0 bridgehead atoms. The van der Waals surface area contributed by atoms with Crippen molar-refractivity contribution >= 4 is 11.9 Å².